The van der Waals surface area contributed by atoms with E-state index in [0.29, 0.717) is 11.3 Å². The van der Waals surface area contributed by atoms with E-state index in [4.69, 9.17) is 4.42 Å². The Morgan fingerprint density at radius 2 is 2.12 bits per heavy atom. The van der Waals surface area contributed by atoms with Crippen LogP contribution >= 0.6 is 11.3 Å². The van der Waals surface area contributed by atoms with Crippen LogP contribution in [0.2, 0.25) is 0 Å². The lowest BCUT2D eigenvalue weighted by Crippen LogP contribution is -2.24. The number of carbonyl (C=O) groups is 1. The summed E-state index contributed by atoms with van der Waals surface area (Å²) in [5, 5.41) is 16.8. The smallest absolute Gasteiger partial charge is 0.307 e. The second-order valence-electron chi connectivity index (χ2n) is 4.98. The molecule has 3 aromatic rings. The van der Waals surface area contributed by atoms with Crippen molar-refractivity contribution in [2.24, 2.45) is 5.10 Å². The van der Waals surface area contributed by atoms with Gasteiger partial charge in [-0.3, -0.25) is 14.9 Å². The van der Waals surface area contributed by atoms with Crippen molar-refractivity contribution < 1.29 is 14.1 Å². The number of aromatic nitrogens is 1. The number of non-ortho nitro benzene ring substituents is 1. The first-order valence-electron chi connectivity index (χ1n) is 7.41. The molecule has 2 heterocycles. The number of benzene rings is 1. The zero-order valence-electron chi connectivity index (χ0n) is 13.2. The Balaban J connectivity index is 1.89. The van der Waals surface area contributed by atoms with Gasteiger partial charge >= 0.3 is 5.91 Å². The lowest BCUT2D eigenvalue weighted by molar-refractivity contribution is -0.384. The third-order valence-corrected chi connectivity index (χ3v) is 4.35. The maximum Gasteiger partial charge on any atom is 0.307 e. The average Bonchev–Trinajstić information content (AvgIpc) is 3.29. The molecule has 1 N–H and O–H groups in total. The maximum atomic E-state index is 11.9. The number of rotatable bonds is 5. The Kier molecular flexibility index (Phi) is 4.75. The van der Waals surface area contributed by atoms with Gasteiger partial charge in [0, 0.05) is 24.1 Å². The molecule has 0 spiro atoms. The number of carbonyl (C=O) groups excluding carboxylic acids is 1. The van der Waals surface area contributed by atoms with Crippen LogP contribution in [0.15, 0.2) is 57.6 Å². The Hall–Kier alpha value is -3.20. The SMILES string of the molecule is CCn1c(-c2ccc([N+](=O)[O-])cc2)cs/c1=N\NC(=O)c1ccco1. The van der Waals surface area contributed by atoms with Gasteiger partial charge in [0.1, 0.15) is 0 Å². The molecular formula is C16H14N4O4S. The van der Waals surface area contributed by atoms with Gasteiger partial charge in [-0.1, -0.05) is 0 Å². The topological polar surface area (TPSA) is 103 Å². The third kappa shape index (κ3) is 3.50. The van der Waals surface area contributed by atoms with Gasteiger partial charge in [0.05, 0.1) is 16.9 Å². The zero-order chi connectivity index (χ0) is 17.8. The van der Waals surface area contributed by atoms with E-state index in [1.54, 1.807) is 24.3 Å². The number of hydrogen-bond acceptors (Lipinski definition) is 6. The molecule has 0 unspecified atom stereocenters. The third-order valence-electron chi connectivity index (χ3n) is 3.49. The van der Waals surface area contributed by atoms with E-state index >= 15 is 0 Å². The van der Waals surface area contributed by atoms with E-state index < -0.39 is 10.8 Å². The molecule has 8 nitrogen and oxygen atoms in total. The van der Waals surface area contributed by atoms with Gasteiger partial charge in [0.25, 0.3) is 5.69 Å². The number of hydrogen-bond donors (Lipinski definition) is 1. The Labute approximate surface area is 146 Å². The van der Waals surface area contributed by atoms with Crippen molar-refractivity contribution in [3.8, 4) is 11.3 Å². The molecular weight excluding hydrogens is 344 g/mol. The summed E-state index contributed by atoms with van der Waals surface area (Å²) < 4.78 is 6.93. The lowest BCUT2D eigenvalue weighted by Gasteiger charge is -2.06. The normalized spacial score (nSPS) is 11.5. The van der Waals surface area contributed by atoms with Crippen molar-refractivity contribution in [1.29, 1.82) is 0 Å². The summed E-state index contributed by atoms with van der Waals surface area (Å²) in [6, 6.07) is 9.48. The largest absolute Gasteiger partial charge is 0.459 e. The first kappa shape index (κ1) is 16.7. The van der Waals surface area contributed by atoms with Gasteiger partial charge in [0.2, 0.25) is 4.80 Å². The predicted molar refractivity (Wildman–Crippen MR) is 91.8 cm³/mol. The van der Waals surface area contributed by atoms with E-state index in [1.807, 2.05) is 16.9 Å². The fourth-order valence-electron chi connectivity index (χ4n) is 2.27. The maximum absolute atomic E-state index is 11.9. The van der Waals surface area contributed by atoms with Gasteiger partial charge in [0.15, 0.2) is 5.76 Å². The molecule has 9 heteroatoms. The Morgan fingerprint density at radius 1 is 1.36 bits per heavy atom. The summed E-state index contributed by atoms with van der Waals surface area (Å²) in [6.07, 6.45) is 1.42. The molecule has 3 rings (SSSR count). The molecule has 0 aliphatic heterocycles. The van der Waals surface area contributed by atoms with Crippen LogP contribution in [0.5, 0.6) is 0 Å². The molecule has 0 saturated carbocycles. The minimum Gasteiger partial charge on any atom is -0.459 e. The van der Waals surface area contributed by atoms with Crippen LogP contribution in [0, 0.1) is 10.1 Å². The summed E-state index contributed by atoms with van der Waals surface area (Å²) >= 11 is 1.36. The second-order valence-corrected chi connectivity index (χ2v) is 5.82. The van der Waals surface area contributed by atoms with Crippen LogP contribution in [-0.4, -0.2) is 15.4 Å². The molecule has 1 amide bonds. The number of nitro groups is 1. The number of nitrogens with one attached hydrogen (secondary N) is 1. The van der Waals surface area contributed by atoms with Crippen molar-refractivity contribution in [3.05, 3.63) is 68.7 Å². The highest BCUT2D eigenvalue weighted by atomic mass is 32.1. The standard InChI is InChI=1S/C16H14N4O4S/c1-2-19-13(11-5-7-12(8-6-11)20(22)23)10-25-16(19)18-17-15(21)14-4-3-9-24-14/h3-10H,2H2,1H3,(H,17,21)/b18-16-. The van der Waals surface area contributed by atoms with Crippen molar-refractivity contribution in [2.75, 3.05) is 0 Å². The fourth-order valence-corrected chi connectivity index (χ4v) is 3.20. The minimum atomic E-state index is -0.434. The summed E-state index contributed by atoms with van der Waals surface area (Å²) in [5.74, 6) is -0.253. The quantitative estimate of drug-likeness (QED) is 0.559. The van der Waals surface area contributed by atoms with E-state index in [2.05, 4.69) is 10.5 Å². The molecule has 0 aliphatic rings. The summed E-state index contributed by atoms with van der Waals surface area (Å²) in [4.78, 5) is 22.8. The van der Waals surface area contributed by atoms with Crippen LogP contribution in [0.25, 0.3) is 11.3 Å². The first-order chi connectivity index (χ1) is 12.1. The molecule has 0 atom stereocenters. The van der Waals surface area contributed by atoms with Crippen molar-refractivity contribution >= 4 is 22.9 Å². The molecule has 2 aromatic heterocycles. The van der Waals surface area contributed by atoms with Crippen LogP contribution < -0.4 is 10.2 Å². The van der Waals surface area contributed by atoms with E-state index in [9.17, 15) is 14.9 Å². The summed E-state index contributed by atoms with van der Waals surface area (Å²) in [6.45, 7) is 2.58. The number of amides is 1. The number of thiazole rings is 1. The highest BCUT2D eigenvalue weighted by Gasteiger charge is 2.11. The van der Waals surface area contributed by atoms with Gasteiger partial charge in [-0.05, 0) is 36.8 Å². The lowest BCUT2D eigenvalue weighted by atomic mass is 10.1. The number of nitrogens with zero attached hydrogens (tertiary/aromatic N) is 3. The van der Waals surface area contributed by atoms with Gasteiger partial charge in [-0.15, -0.1) is 16.4 Å². The number of furan rings is 1. The first-order valence-corrected chi connectivity index (χ1v) is 8.29. The van der Waals surface area contributed by atoms with Gasteiger partial charge in [-0.2, -0.15) is 0 Å². The summed E-state index contributed by atoms with van der Waals surface area (Å²) in [7, 11) is 0. The average molecular weight is 358 g/mol. The molecule has 0 saturated heterocycles. The van der Waals surface area contributed by atoms with Gasteiger partial charge < -0.3 is 8.98 Å². The fraction of sp³-hybridized carbons (Fsp3) is 0.125. The van der Waals surface area contributed by atoms with Crippen LogP contribution in [0.3, 0.4) is 0 Å². The molecule has 25 heavy (non-hydrogen) atoms. The highest BCUT2D eigenvalue weighted by Crippen LogP contribution is 2.22. The highest BCUT2D eigenvalue weighted by molar-refractivity contribution is 7.07. The minimum absolute atomic E-state index is 0.0395. The Bertz CT molecular complexity index is 955. The van der Waals surface area contributed by atoms with Crippen molar-refractivity contribution in [3.63, 3.8) is 0 Å². The number of nitro benzene ring substituents is 1. The molecule has 0 bridgehead atoms. The van der Waals surface area contributed by atoms with Crippen LogP contribution in [-0.2, 0) is 6.54 Å². The van der Waals surface area contributed by atoms with Crippen LogP contribution in [0.1, 0.15) is 17.5 Å². The monoisotopic (exact) mass is 358 g/mol. The zero-order valence-corrected chi connectivity index (χ0v) is 14.0. The molecule has 0 aliphatic carbocycles. The molecule has 0 radical (unpaired) electrons. The predicted octanol–water partition coefficient (Wildman–Crippen LogP) is 2.98. The second kappa shape index (κ2) is 7.14. The molecule has 1 aromatic carbocycles. The van der Waals surface area contributed by atoms with E-state index in [-0.39, 0.29) is 11.4 Å². The molecule has 128 valence electrons. The van der Waals surface area contributed by atoms with Crippen molar-refractivity contribution in [2.45, 2.75) is 13.5 Å². The van der Waals surface area contributed by atoms with Gasteiger partial charge in [-0.25, -0.2) is 5.43 Å². The van der Waals surface area contributed by atoms with Crippen LogP contribution in [0.4, 0.5) is 5.69 Å². The van der Waals surface area contributed by atoms with Crippen molar-refractivity contribution in [1.82, 2.24) is 9.99 Å². The van der Waals surface area contributed by atoms with E-state index in [1.165, 1.54) is 29.7 Å². The Morgan fingerprint density at radius 3 is 2.72 bits per heavy atom. The molecule has 0 fully saturated rings. The van der Waals surface area contributed by atoms with E-state index in [0.717, 1.165) is 11.3 Å². The summed E-state index contributed by atoms with van der Waals surface area (Å²) in [5.41, 5.74) is 4.20.